The number of hydrogen-bond donors (Lipinski definition) is 2. The van der Waals surface area contributed by atoms with Gasteiger partial charge in [-0.2, -0.15) is 0 Å². The lowest BCUT2D eigenvalue weighted by Crippen LogP contribution is -2.36. The molecule has 0 aromatic rings. The number of unbranched alkanes of at least 4 members (excludes halogenated alkanes) is 1. The second-order valence-electron chi connectivity index (χ2n) is 5.92. The third-order valence-electron chi connectivity index (χ3n) is 4.23. The van der Waals surface area contributed by atoms with Gasteiger partial charge in [0.25, 0.3) is 0 Å². The highest BCUT2D eigenvalue weighted by Crippen LogP contribution is 2.60. The summed E-state index contributed by atoms with van der Waals surface area (Å²) in [6.07, 6.45) is 9.06. The highest BCUT2D eigenvalue weighted by atomic mass is 32.1. The van der Waals surface area contributed by atoms with E-state index >= 15 is 0 Å². The molecule has 2 atom stereocenters. The van der Waals surface area contributed by atoms with E-state index in [9.17, 15) is 0 Å². The Hall–Kier alpha value is 0.560. The van der Waals surface area contributed by atoms with Gasteiger partial charge in [-0.15, -0.1) is 12.6 Å². The number of thiol groups is 2. The van der Waals surface area contributed by atoms with Crippen molar-refractivity contribution in [3.05, 3.63) is 0 Å². The van der Waals surface area contributed by atoms with Crippen LogP contribution in [0.1, 0.15) is 51.9 Å². The van der Waals surface area contributed by atoms with Crippen LogP contribution in [0.2, 0.25) is 0 Å². The first kappa shape index (κ1) is 16.9. The van der Waals surface area contributed by atoms with Crippen LogP contribution in [0, 0.1) is 0 Å². The van der Waals surface area contributed by atoms with E-state index in [2.05, 4.69) is 41.4 Å². The summed E-state index contributed by atoms with van der Waals surface area (Å²) in [6, 6.07) is 0.696. The van der Waals surface area contributed by atoms with Gasteiger partial charge in [-0.3, -0.25) is 9.30 Å². The van der Waals surface area contributed by atoms with Crippen molar-refractivity contribution in [2.45, 2.75) is 62.6 Å². The Morgan fingerprint density at radius 2 is 2.05 bits per heavy atom. The monoisotopic (exact) mass is 334 g/mol. The van der Waals surface area contributed by atoms with E-state index in [1.54, 1.807) is 0 Å². The molecule has 1 aliphatic heterocycles. The van der Waals surface area contributed by atoms with Crippen LogP contribution >= 0.6 is 33.4 Å². The Morgan fingerprint density at radius 1 is 1.35 bits per heavy atom. The molecule has 1 saturated heterocycles. The fourth-order valence-electron chi connectivity index (χ4n) is 2.71. The van der Waals surface area contributed by atoms with Crippen LogP contribution in [-0.2, 0) is 4.74 Å². The summed E-state index contributed by atoms with van der Waals surface area (Å²) >= 11 is 9.10. The summed E-state index contributed by atoms with van der Waals surface area (Å²) in [4.78, 5) is 4.55. The van der Waals surface area contributed by atoms with Crippen LogP contribution in [0.3, 0.4) is 0 Å². The van der Waals surface area contributed by atoms with Gasteiger partial charge in [0, 0.05) is 27.1 Å². The van der Waals surface area contributed by atoms with Crippen molar-refractivity contribution < 1.29 is 4.74 Å². The van der Waals surface area contributed by atoms with Crippen molar-refractivity contribution in [3.8, 4) is 0 Å². The fourth-order valence-corrected chi connectivity index (χ4v) is 4.58. The van der Waals surface area contributed by atoms with Gasteiger partial charge in [0.1, 0.15) is 0 Å². The molecule has 2 fully saturated rings. The third kappa shape index (κ3) is 4.53. The second-order valence-corrected chi connectivity index (χ2v) is 10.00. The standard InChI is InChI=1S/C14H27N2OPS2/c1-14(19)17-13(18(14)2)15-10-6-7-11-16(20)12-8-4-3-5-9-12/h12,19-20H,3-11H2,1-2H3. The van der Waals surface area contributed by atoms with Gasteiger partial charge in [-0.25, -0.2) is 0 Å². The third-order valence-corrected chi connectivity index (χ3v) is 7.89. The lowest BCUT2D eigenvalue weighted by Gasteiger charge is -2.42. The predicted octanol–water partition coefficient (Wildman–Crippen LogP) is 4.35. The van der Waals surface area contributed by atoms with E-state index in [1.165, 1.54) is 32.1 Å². The minimum absolute atomic E-state index is 0.253. The van der Waals surface area contributed by atoms with Crippen molar-refractivity contribution in [3.63, 3.8) is 0 Å². The van der Waals surface area contributed by atoms with Gasteiger partial charge in [-0.05, 0) is 39.3 Å². The predicted molar refractivity (Wildman–Crippen MR) is 95.4 cm³/mol. The van der Waals surface area contributed by atoms with E-state index in [0.717, 1.165) is 31.6 Å². The highest BCUT2D eigenvalue weighted by Gasteiger charge is 2.45. The lowest BCUT2D eigenvalue weighted by atomic mass is 9.95. The Kier molecular flexibility index (Phi) is 6.52. The molecule has 0 aromatic carbocycles. The molecule has 2 rings (SSSR count). The number of ether oxygens (including phenoxy) is 1. The summed E-state index contributed by atoms with van der Waals surface area (Å²) in [5, 5.41) is 0. The zero-order valence-electron chi connectivity index (χ0n) is 12.6. The molecule has 6 heteroatoms. The van der Waals surface area contributed by atoms with Crippen LogP contribution in [0.5, 0.6) is 0 Å². The molecule has 2 aliphatic rings. The van der Waals surface area contributed by atoms with E-state index in [-0.39, 0.29) is 12.6 Å². The molecule has 0 amide bonds. The van der Waals surface area contributed by atoms with Gasteiger partial charge in [-0.1, -0.05) is 32.1 Å². The quantitative estimate of drug-likeness (QED) is 0.429. The molecule has 0 N–H and O–H groups in total. The zero-order valence-corrected chi connectivity index (χ0v) is 15.3. The summed E-state index contributed by atoms with van der Waals surface area (Å²) in [6.45, 7) is 6.15. The molecule has 0 spiro atoms. The maximum Gasteiger partial charge on any atom is 0.212 e. The van der Waals surface area contributed by atoms with Crippen LogP contribution in [0.25, 0.3) is 0 Å². The maximum absolute atomic E-state index is 5.58. The summed E-state index contributed by atoms with van der Waals surface area (Å²) in [5.74, 6) is 0. The molecule has 0 bridgehead atoms. The smallest absolute Gasteiger partial charge is 0.212 e. The summed E-state index contributed by atoms with van der Waals surface area (Å²) in [7, 11) is -0.302. The summed E-state index contributed by atoms with van der Waals surface area (Å²) in [5.41, 5.74) is 0.938. The number of rotatable bonds is 6. The van der Waals surface area contributed by atoms with Crippen LogP contribution in [0.4, 0.5) is 0 Å². The van der Waals surface area contributed by atoms with E-state index in [1.807, 2.05) is 6.92 Å². The first-order valence-corrected chi connectivity index (χ1v) is 10.3. The van der Waals surface area contributed by atoms with Gasteiger partial charge in [0.15, 0.2) is 4.67 Å². The van der Waals surface area contributed by atoms with Crippen molar-refractivity contribution >= 4 is 39.0 Å². The normalized spacial score (nSPS) is 33.2. The lowest BCUT2D eigenvalue weighted by molar-refractivity contribution is 0.239. The molecule has 116 valence electrons. The van der Waals surface area contributed by atoms with E-state index in [4.69, 9.17) is 4.74 Å². The highest BCUT2D eigenvalue weighted by molar-refractivity contribution is 7.97. The van der Waals surface area contributed by atoms with Crippen molar-refractivity contribution in [2.24, 2.45) is 4.99 Å². The SMILES string of the molecule is CP1C(=NCCCCN(S)C2CCCCC2)OC1(C)S. The largest absolute Gasteiger partial charge is 0.456 e. The van der Waals surface area contributed by atoms with Gasteiger partial charge >= 0.3 is 0 Å². The van der Waals surface area contributed by atoms with Gasteiger partial charge < -0.3 is 4.74 Å². The Labute approximate surface area is 135 Å². The average molecular weight is 334 g/mol. The van der Waals surface area contributed by atoms with Crippen molar-refractivity contribution in [1.29, 1.82) is 0 Å². The van der Waals surface area contributed by atoms with Gasteiger partial charge in [0.05, 0.1) is 0 Å². The van der Waals surface area contributed by atoms with Crippen LogP contribution in [0.15, 0.2) is 4.99 Å². The first-order chi connectivity index (χ1) is 9.50. The molecular weight excluding hydrogens is 307 g/mol. The second kappa shape index (κ2) is 7.71. The number of hydrogen-bond acceptors (Lipinski definition) is 5. The van der Waals surface area contributed by atoms with E-state index < -0.39 is 0 Å². The fraction of sp³-hybridized carbons (Fsp3) is 0.929. The Balaban J connectivity index is 1.57. The van der Waals surface area contributed by atoms with Crippen molar-refractivity contribution in [1.82, 2.24) is 4.31 Å². The molecule has 1 aliphatic carbocycles. The summed E-state index contributed by atoms with van der Waals surface area (Å²) < 4.78 is 7.58. The minimum Gasteiger partial charge on any atom is -0.456 e. The van der Waals surface area contributed by atoms with Crippen molar-refractivity contribution in [2.75, 3.05) is 19.8 Å². The molecule has 0 aromatic heterocycles. The Bertz CT molecular complexity index is 346. The van der Waals surface area contributed by atoms with Crippen LogP contribution in [-0.4, -0.2) is 40.4 Å². The molecule has 1 saturated carbocycles. The van der Waals surface area contributed by atoms with Crippen LogP contribution < -0.4 is 0 Å². The molecule has 0 radical (unpaired) electrons. The molecule has 2 unspecified atom stereocenters. The Morgan fingerprint density at radius 3 is 2.65 bits per heavy atom. The van der Waals surface area contributed by atoms with Gasteiger partial charge in [0.2, 0.25) is 5.64 Å². The number of nitrogens with zero attached hydrogens (tertiary/aromatic N) is 2. The molecular formula is C14H27N2OPS2. The average Bonchev–Trinajstić information content (AvgIpc) is 2.46. The maximum atomic E-state index is 5.58. The number of aliphatic imine (C=N–C) groups is 1. The molecule has 3 nitrogen and oxygen atoms in total. The first-order valence-electron chi connectivity index (χ1n) is 7.66. The zero-order chi connectivity index (χ0) is 14.6. The molecule has 1 heterocycles. The van der Waals surface area contributed by atoms with E-state index in [0.29, 0.717) is 6.04 Å². The topological polar surface area (TPSA) is 24.8 Å². The molecule has 20 heavy (non-hydrogen) atoms. The minimum atomic E-state index is -0.302.